The van der Waals surface area contributed by atoms with E-state index in [1.54, 1.807) is 7.05 Å². The van der Waals surface area contributed by atoms with E-state index in [-0.39, 0.29) is 5.92 Å². The number of amides is 1. The standard InChI is InChI=1S/C25H25Cl2NO2/c1-25(2,3)30-24(29)28(4)22-7-5-6-19(16-22)23(17-8-12-20(26)13-9-17)18-10-14-21(27)15-11-18/h5-16,23H,1-4H3. The molecule has 0 aliphatic heterocycles. The minimum absolute atomic E-state index is 0.0356. The number of carbonyl (C=O) groups excluding carboxylic acids is 1. The fourth-order valence-corrected chi connectivity index (χ4v) is 3.49. The number of carbonyl (C=O) groups is 1. The van der Waals surface area contributed by atoms with Crippen molar-refractivity contribution < 1.29 is 9.53 Å². The normalized spacial score (nSPS) is 11.4. The maximum absolute atomic E-state index is 12.5. The number of hydrogen-bond donors (Lipinski definition) is 0. The van der Waals surface area contributed by atoms with Gasteiger partial charge in [0.2, 0.25) is 0 Å². The van der Waals surface area contributed by atoms with Crippen LogP contribution in [0.5, 0.6) is 0 Å². The molecule has 5 heteroatoms. The molecule has 0 heterocycles. The molecule has 156 valence electrons. The van der Waals surface area contributed by atoms with Crippen LogP contribution in [0.2, 0.25) is 10.0 Å². The van der Waals surface area contributed by atoms with Crippen molar-refractivity contribution in [3.8, 4) is 0 Å². The first kappa shape index (κ1) is 22.2. The van der Waals surface area contributed by atoms with Gasteiger partial charge in [0.25, 0.3) is 0 Å². The molecule has 0 bridgehead atoms. The van der Waals surface area contributed by atoms with Gasteiger partial charge in [0, 0.05) is 28.7 Å². The Bertz CT molecular complexity index is 963. The van der Waals surface area contributed by atoms with Crippen LogP contribution in [-0.4, -0.2) is 18.7 Å². The number of hydrogen-bond acceptors (Lipinski definition) is 2. The second-order valence-electron chi connectivity index (χ2n) is 8.17. The number of benzene rings is 3. The van der Waals surface area contributed by atoms with Gasteiger partial charge in [0.15, 0.2) is 0 Å². The monoisotopic (exact) mass is 441 g/mol. The van der Waals surface area contributed by atoms with Crippen molar-refractivity contribution in [2.45, 2.75) is 32.3 Å². The van der Waals surface area contributed by atoms with Crippen molar-refractivity contribution in [1.29, 1.82) is 0 Å². The van der Waals surface area contributed by atoms with Gasteiger partial charge < -0.3 is 4.74 Å². The molecular formula is C25H25Cl2NO2. The molecule has 0 spiro atoms. The summed E-state index contributed by atoms with van der Waals surface area (Å²) in [7, 11) is 1.72. The second kappa shape index (κ2) is 9.11. The first-order valence-corrected chi connectivity index (χ1v) is 10.5. The minimum Gasteiger partial charge on any atom is -0.443 e. The van der Waals surface area contributed by atoms with E-state index in [0.717, 1.165) is 22.4 Å². The molecule has 0 N–H and O–H groups in total. The molecule has 30 heavy (non-hydrogen) atoms. The third-order valence-corrected chi connectivity index (χ3v) is 5.17. The zero-order chi connectivity index (χ0) is 21.9. The zero-order valence-corrected chi connectivity index (χ0v) is 19.0. The Balaban J connectivity index is 2.02. The fourth-order valence-electron chi connectivity index (χ4n) is 3.24. The molecule has 1 amide bonds. The highest BCUT2D eigenvalue weighted by Crippen LogP contribution is 2.35. The lowest BCUT2D eigenvalue weighted by atomic mass is 9.85. The lowest BCUT2D eigenvalue weighted by Crippen LogP contribution is -2.34. The van der Waals surface area contributed by atoms with E-state index < -0.39 is 11.7 Å². The average molecular weight is 442 g/mol. The summed E-state index contributed by atoms with van der Waals surface area (Å²) in [6, 6.07) is 23.5. The zero-order valence-electron chi connectivity index (χ0n) is 17.5. The summed E-state index contributed by atoms with van der Waals surface area (Å²) >= 11 is 12.2. The van der Waals surface area contributed by atoms with Crippen LogP contribution in [0, 0.1) is 0 Å². The molecule has 3 rings (SSSR count). The van der Waals surface area contributed by atoms with E-state index in [4.69, 9.17) is 27.9 Å². The first-order chi connectivity index (χ1) is 14.1. The molecule has 3 nitrogen and oxygen atoms in total. The Morgan fingerprint density at radius 1 is 0.833 bits per heavy atom. The largest absolute Gasteiger partial charge is 0.443 e. The molecule has 0 aromatic heterocycles. The van der Waals surface area contributed by atoms with Crippen molar-refractivity contribution in [2.75, 3.05) is 11.9 Å². The quantitative estimate of drug-likeness (QED) is 0.391. The molecule has 0 atom stereocenters. The van der Waals surface area contributed by atoms with E-state index in [1.807, 2.05) is 87.5 Å². The molecule has 0 aliphatic rings. The van der Waals surface area contributed by atoms with Gasteiger partial charge in [-0.1, -0.05) is 59.6 Å². The van der Waals surface area contributed by atoms with E-state index in [0.29, 0.717) is 10.0 Å². The minimum atomic E-state index is -0.557. The number of halogens is 2. The highest BCUT2D eigenvalue weighted by molar-refractivity contribution is 6.30. The van der Waals surface area contributed by atoms with Crippen LogP contribution >= 0.6 is 23.2 Å². The average Bonchev–Trinajstić information content (AvgIpc) is 2.69. The number of ether oxygens (including phenoxy) is 1. The van der Waals surface area contributed by atoms with Gasteiger partial charge >= 0.3 is 6.09 Å². The summed E-state index contributed by atoms with van der Waals surface area (Å²) in [5.41, 5.74) is 3.44. The van der Waals surface area contributed by atoms with Gasteiger partial charge in [-0.05, 0) is 73.9 Å². The highest BCUT2D eigenvalue weighted by atomic mass is 35.5. The van der Waals surface area contributed by atoms with Crippen molar-refractivity contribution in [3.63, 3.8) is 0 Å². The van der Waals surface area contributed by atoms with Crippen LogP contribution in [0.4, 0.5) is 10.5 Å². The molecule has 0 radical (unpaired) electrons. The van der Waals surface area contributed by atoms with Crippen LogP contribution < -0.4 is 4.90 Å². The maximum atomic E-state index is 12.5. The van der Waals surface area contributed by atoms with Crippen LogP contribution in [0.15, 0.2) is 72.8 Å². The Hall–Kier alpha value is -2.49. The molecule has 0 aliphatic carbocycles. The van der Waals surface area contributed by atoms with Gasteiger partial charge in [-0.3, -0.25) is 4.90 Å². The fraction of sp³-hybridized carbons (Fsp3) is 0.240. The Labute approximate surface area is 188 Å². The van der Waals surface area contributed by atoms with E-state index in [1.165, 1.54) is 4.90 Å². The summed E-state index contributed by atoms with van der Waals surface area (Å²) in [6.07, 6.45) is -0.394. The maximum Gasteiger partial charge on any atom is 0.414 e. The third-order valence-electron chi connectivity index (χ3n) is 4.66. The molecule has 0 saturated carbocycles. The van der Waals surface area contributed by atoms with E-state index >= 15 is 0 Å². The predicted octanol–water partition coefficient (Wildman–Crippen LogP) is 7.54. The summed E-state index contributed by atoms with van der Waals surface area (Å²) in [5, 5.41) is 1.37. The topological polar surface area (TPSA) is 29.5 Å². The Kier molecular flexibility index (Phi) is 6.74. The first-order valence-electron chi connectivity index (χ1n) is 9.71. The molecule has 3 aromatic carbocycles. The third kappa shape index (κ3) is 5.56. The highest BCUT2D eigenvalue weighted by Gasteiger charge is 2.22. The van der Waals surface area contributed by atoms with Gasteiger partial charge in [-0.2, -0.15) is 0 Å². The second-order valence-corrected chi connectivity index (χ2v) is 9.04. The molecule has 0 saturated heterocycles. The SMILES string of the molecule is CN(C(=O)OC(C)(C)C)c1cccc(C(c2ccc(Cl)cc2)c2ccc(Cl)cc2)c1. The summed E-state index contributed by atoms with van der Waals surface area (Å²) < 4.78 is 5.51. The number of anilines is 1. The van der Waals surface area contributed by atoms with E-state index in [2.05, 4.69) is 6.07 Å². The van der Waals surface area contributed by atoms with Crippen molar-refractivity contribution in [2.24, 2.45) is 0 Å². The molecule has 3 aromatic rings. The molecule has 0 unspecified atom stereocenters. The summed E-state index contributed by atoms with van der Waals surface area (Å²) in [6.45, 7) is 5.56. The number of nitrogens with zero attached hydrogens (tertiary/aromatic N) is 1. The van der Waals surface area contributed by atoms with E-state index in [9.17, 15) is 4.79 Å². The summed E-state index contributed by atoms with van der Waals surface area (Å²) in [4.78, 5) is 14.1. The van der Waals surface area contributed by atoms with Crippen molar-refractivity contribution >= 4 is 35.0 Å². The van der Waals surface area contributed by atoms with Crippen molar-refractivity contribution in [3.05, 3.63) is 99.5 Å². The molecular weight excluding hydrogens is 417 g/mol. The van der Waals surface area contributed by atoms with Crippen LogP contribution in [0.1, 0.15) is 43.4 Å². The number of rotatable bonds is 4. The van der Waals surface area contributed by atoms with Crippen LogP contribution in [0.25, 0.3) is 0 Å². The smallest absolute Gasteiger partial charge is 0.414 e. The van der Waals surface area contributed by atoms with Crippen LogP contribution in [0.3, 0.4) is 0 Å². The van der Waals surface area contributed by atoms with Gasteiger partial charge in [-0.25, -0.2) is 4.79 Å². The van der Waals surface area contributed by atoms with Gasteiger partial charge in [0.05, 0.1) is 0 Å². The lowest BCUT2D eigenvalue weighted by molar-refractivity contribution is 0.0589. The summed E-state index contributed by atoms with van der Waals surface area (Å²) in [5.74, 6) is -0.0356. The predicted molar refractivity (Wildman–Crippen MR) is 125 cm³/mol. The van der Waals surface area contributed by atoms with Gasteiger partial charge in [0.1, 0.15) is 5.60 Å². The lowest BCUT2D eigenvalue weighted by Gasteiger charge is -2.26. The Morgan fingerprint density at radius 3 is 1.80 bits per heavy atom. The Morgan fingerprint density at radius 2 is 1.33 bits per heavy atom. The molecule has 0 fully saturated rings. The van der Waals surface area contributed by atoms with Crippen molar-refractivity contribution in [1.82, 2.24) is 0 Å². The van der Waals surface area contributed by atoms with Crippen LogP contribution in [-0.2, 0) is 4.74 Å². The van der Waals surface area contributed by atoms with Gasteiger partial charge in [-0.15, -0.1) is 0 Å².